The van der Waals surface area contributed by atoms with Crippen molar-refractivity contribution in [2.24, 2.45) is 0 Å². The molecule has 102 valence electrons. The minimum Gasteiger partial charge on any atom is -0.394 e. The Kier molecular flexibility index (Phi) is 9.14. The number of aliphatic hydroxyl groups is 4. The van der Waals surface area contributed by atoms with Crippen molar-refractivity contribution in [3.63, 3.8) is 0 Å². The molecule has 0 aliphatic heterocycles. The molecule has 0 aliphatic carbocycles. The van der Waals surface area contributed by atoms with E-state index in [1.54, 1.807) is 0 Å². The van der Waals surface area contributed by atoms with Crippen molar-refractivity contribution < 1.29 is 30.1 Å². The van der Waals surface area contributed by atoms with Crippen LogP contribution in [0.25, 0.3) is 0 Å². The Bertz CT molecular complexity index is 203. The van der Waals surface area contributed by atoms with Gasteiger partial charge in [-0.05, 0) is 6.42 Å². The molecule has 17 heavy (non-hydrogen) atoms. The average Bonchev–Trinajstić information content (AvgIpc) is 2.36. The van der Waals surface area contributed by atoms with E-state index in [2.05, 4.69) is 5.48 Å². The van der Waals surface area contributed by atoms with Crippen LogP contribution >= 0.6 is 0 Å². The zero-order valence-electron chi connectivity index (χ0n) is 9.82. The molecule has 0 amide bonds. The lowest BCUT2D eigenvalue weighted by molar-refractivity contribution is -0.158. The Morgan fingerprint density at radius 3 is 2.41 bits per heavy atom. The normalized spacial score (nSPS) is 18.4. The summed E-state index contributed by atoms with van der Waals surface area (Å²) in [6, 6.07) is 0. The molecule has 5 N–H and O–H groups in total. The molecule has 0 bridgehead atoms. The molecule has 0 saturated carbocycles. The lowest BCUT2D eigenvalue weighted by Crippen LogP contribution is -2.48. The maximum atomic E-state index is 10.6. The van der Waals surface area contributed by atoms with E-state index in [1.165, 1.54) is 0 Å². The number of hydrogen-bond acceptors (Lipinski definition) is 7. The Morgan fingerprint density at radius 2 is 1.94 bits per heavy atom. The lowest BCUT2D eigenvalue weighted by atomic mass is 10.0. The summed E-state index contributed by atoms with van der Waals surface area (Å²) in [4.78, 5) is 15.5. The van der Waals surface area contributed by atoms with Gasteiger partial charge in [0, 0.05) is 6.54 Å². The number of carbonyl (C=O) groups is 1. The Morgan fingerprint density at radius 1 is 1.29 bits per heavy atom. The second-order valence-corrected chi connectivity index (χ2v) is 3.70. The van der Waals surface area contributed by atoms with Crippen molar-refractivity contribution in [1.29, 1.82) is 0 Å². The monoisotopic (exact) mass is 251 g/mol. The van der Waals surface area contributed by atoms with Gasteiger partial charge < -0.3 is 25.2 Å². The van der Waals surface area contributed by atoms with Gasteiger partial charge in [-0.25, -0.2) is 5.48 Å². The third kappa shape index (κ3) is 6.06. The Hall–Kier alpha value is -0.570. The van der Waals surface area contributed by atoms with Gasteiger partial charge in [-0.3, -0.25) is 4.84 Å². The summed E-state index contributed by atoms with van der Waals surface area (Å²) < 4.78 is 0. The van der Waals surface area contributed by atoms with Crippen LogP contribution in [0.4, 0.5) is 0 Å². The van der Waals surface area contributed by atoms with E-state index in [0.717, 1.165) is 12.8 Å². The molecule has 0 aromatic rings. The maximum absolute atomic E-state index is 10.6. The fourth-order valence-corrected chi connectivity index (χ4v) is 1.11. The quantitative estimate of drug-likeness (QED) is 0.172. The van der Waals surface area contributed by atoms with Crippen LogP contribution < -0.4 is 5.48 Å². The number of hydroxylamine groups is 1. The molecule has 0 aromatic heterocycles. The maximum Gasteiger partial charge on any atom is 0.162 e. The minimum atomic E-state index is -1.65. The van der Waals surface area contributed by atoms with Crippen LogP contribution in [0.1, 0.15) is 19.8 Å². The Labute approximate surface area is 100.0 Å². The first kappa shape index (κ1) is 16.4. The van der Waals surface area contributed by atoms with Crippen LogP contribution in [0.3, 0.4) is 0 Å². The molecule has 0 fully saturated rings. The molecule has 0 aliphatic rings. The molecule has 0 aromatic carbocycles. The highest BCUT2D eigenvalue weighted by Gasteiger charge is 2.31. The summed E-state index contributed by atoms with van der Waals surface area (Å²) >= 11 is 0. The molecule has 4 atom stereocenters. The topological polar surface area (TPSA) is 119 Å². The number of carbonyl (C=O) groups excluding carboxylic acids is 1. The number of aldehydes is 1. The molecule has 0 rings (SSSR count). The van der Waals surface area contributed by atoms with Crippen molar-refractivity contribution in [1.82, 2.24) is 5.48 Å². The SMILES string of the molecule is CCCCNOC(C=O)C(O)C(O)C(O)CO. The van der Waals surface area contributed by atoms with Crippen LogP contribution in [0.5, 0.6) is 0 Å². The van der Waals surface area contributed by atoms with Crippen molar-refractivity contribution >= 4 is 6.29 Å². The van der Waals surface area contributed by atoms with Crippen molar-refractivity contribution in [2.45, 2.75) is 44.2 Å². The Balaban J connectivity index is 4.10. The van der Waals surface area contributed by atoms with Gasteiger partial charge in [0.05, 0.1) is 6.61 Å². The van der Waals surface area contributed by atoms with Crippen LogP contribution in [-0.2, 0) is 9.63 Å². The molecule has 7 heteroatoms. The zero-order chi connectivity index (χ0) is 13.3. The van der Waals surface area contributed by atoms with Crippen LogP contribution in [0, 0.1) is 0 Å². The number of hydrogen-bond donors (Lipinski definition) is 5. The number of unbranched alkanes of at least 4 members (excludes halogenated alkanes) is 1. The third-order valence-electron chi connectivity index (χ3n) is 2.25. The number of nitrogens with one attached hydrogen (secondary N) is 1. The molecule has 4 unspecified atom stereocenters. The van der Waals surface area contributed by atoms with Gasteiger partial charge >= 0.3 is 0 Å². The molecular weight excluding hydrogens is 230 g/mol. The molecule has 0 saturated heterocycles. The molecule has 0 spiro atoms. The first-order valence-electron chi connectivity index (χ1n) is 5.57. The number of rotatable bonds is 10. The largest absolute Gasteiger partial charge is 0.394 e. The molecular formula is C10H21NO6. The van der Waals surface area contributed by atoms with E-state index in [-0.39, 0.29) is 0 Å². The van der Waals surface area contributed by atoms with Crippen LogP contribution in [0.2, 0.25) is 0 Å². The highest BCUT2D eigenvalue weighted by Crippen LogP contribution is 2.06. The number of aliphatic hydroxyl groups excluding tert-OH is 4. The van der Waals surface area contributed by atoms with Gasteiger partial charge in [-0.2, -0.15) is 0 Å². The average molecular weight is 251 g/mol. The van der Waals surface area contributed by atoms with Gasteiger partial charge in [0.15, 0.2) is 12.4 Å². The standard InChI is InChI=1S/C10H21NO6/c1-2-3-4-11-17-8(6-13)10(16)9(15)7(14)5-12/h6-12,14-16H,2-5H2,1H3. The second-order valence-electron chi connectivity index (χ2n) is 3.70. The van der Waals surface area contributed by atoms with E-state index in [1.807, 2.05) is 6.92 Å². The van der Waals surface area contributed by atoms with Crippen LogP contribution in [-0.4, -0.2) is 64.3 Å². The van der Waals surface area contributed by atoms with Gasteiger partial charge in [-0.15, -0.1) is 0 Å². The van der Waals surface area contributed by atoms with Gasteiger partial charge in [0.1, 0.15) is 18.3 Å². The van der Waals surface area contributed by atoms with Gasteiger partial charge in [-0.1, -0.05) is 13.3 Å². The first-order chi connectivity index (χ1) is 8.08. The van der Waals surface area contributed by atoms with E-state index in [9.17, 15) is 15.0 Å². The lowest BCUT2D eigenvalue weighted by Gasteiger charge is -2.25. The van der Waals surface area contributed by atoms with E-state index < -0.39 is 31.0 Å². The summed E-state index contributed by atoms with van der Waals surface area (Å²) in [7, 11) is 0. The highest BCUT2D eigenvalue weighted by atomic mass is 16.7. The summed E-state index contributed by atoms with van der Waals surface area (Å²) in [5.41, 5.74) is 2.48. The van der Waals surface area contributed by atoms with Gasteiger partial charge in [0.25, 0.3) is 0 Å². The summed E-state index contributed by atoms with van der Waals surface area (Å²) in [6.45, 7) is 1.77. The van der Waals surface area contributed by atoms with Crippen molar-refractivity contribution in [3.8, 4) is 0 Å². The van der Waals surface area contributed by atoms with Crippen molar-refractivity contribution in [2.75, 3.05) is 13.2 Å². The molecule has 7 nitrogen and oxygen atoms in total. The molecule has 0 heterocycles. The summed E-state index contributed by atoms with van der Waals surface area (Å²) in [5, 5.41) is 36.6. The smallest absolute Gasteiger partial charge is 0.162 e. The highest BCUT2D eigenvalue weighted by molar-refractivity contribution is 5.57. The predicted octanol–water partition coefficient (Wildman–Crippen LogP) is -2.05. The minimum absolute atomic E-state index is 0.316. The third-order valence-corrected chi connectivity index (χ3v) is 2.25. The molecule has 0 radical (unpaired) electrons. The fraction of sp³-hybridized carbons (Fsp3) is 0.900. The van der Waals surface area contributed by atoms with Gasteiger partial charge in [0.2, 0.25) is 0 Å². The predicted molar refractivity (Wildman–Crippen MR) is 59.0 cm³/mol. The zero-order valence-corrected chi connectivity index (χ0v) is 9.82. The first-order valence-corrected chi connectivity index (χ1v) is 5.57. The van der Waals surface area contributed by atoms with E-state index >= 15 is 0 Å². The summed E-state index contributed by atoms with van der Waals surface area (Å²) in [5.74, 6) is 0. The second kappa shape index (κ2) is 9.46. The van der Waals surface area contributed by atoms with E-state index in [4.69, 9.17) is 15.1 Å². The van der Waals surface area contributed by atoms with Crippen LogP contribution in [0.15, 0.2) is 0 Å². The fourth-order valence-electron chi connectivity index (χ4n) is 1.11. The summed E-state index contributed by atoms with van der Waals surface area (Å²) in [6.07, 6.45) is -3.99. The van der Waals surface area contributed by atoms with Crippen molar-refractivity contribution in [3.05, 3.63) is 0 Å². The van der Waals surface area contributed by atoms with E-state index in [0.29, 0.717) is 12.8 Å².